The highest BCUT2D eigenvalue weighted by Gasteiger charge is 2.47. The van der Waals surface area contributed by atoms with E-state index in [0.717, 1.165) is 0 Å². The second-order valence-electron chi connectivity index (χ2n) is 3.96. The lowest BCUT2D eigenvalue weighted by molar-refractivity contribution is -0.0882. The molecule has 0 aromatic rings. The molecule has 2 aliphatic rings. The summed E-state index contributed by atoms with van der Waals surface area (Å²) in [5.74, 6) is -0.562. The molecule has 86 valence electrons. The molecule has 0 saturated heterocycles. The highest BCUT2D eigenvalue weighted by Crippen LogP contribution is 2.32. The van der Waals surface area contributed by atoms with E-state index in [1.807, 2.05) is 0 Å². The van der Waals surface area contributed by atoms with Gasteiger partial charge in [0.15, 0.2) is 0 Å². The minimum Gasteiger partial charge on any atom is -0.460 e. The van der Waals surface area contributed by atoms with Crippen molar-refractivity contribution in [3.63, 3.8) is 0 Å². The zero-order valence-electron chi connectivity index (χ0n) is 8.43. The zero-order chi connectivity index (χ0) is 11.0. The lowest BCUT2D eigenvalue weighted by atomic mass is 9.80. The van der Waals surface area contributed by atoms with E-state index in [-0.39, 0.29) is 6.10 Å². The summed E-state index contributed by atoms with van der Waals surface area (Å²) in [7, 11) is 1.66. The number of rotatable bonds is 1. The molecule has 0 radical (unpaired) electrons. The summed E-state index contributed by atoms with van der Waals surface area (Å²) in [6.45, 7) is -0.653. The third kappa shape index (κ3) is 1.68. The van der Waals surface area contributed by atoms with Gasteiger partial charge in [0.2, 0.25) is 0 Å². The van der Waals surface area contributed by atoms with Gasteiger partial charge >= 0.3 is 0 Å². The van der Waals surface area contributed by atoms with Crippen LogP contribution in [0.1, 0.15) is 6.42 Å². The summed E-state index contributed by atoms with van der Waals surface area (Å²) in [6.07, 6.45) is -2.05. The average Bonchev–Trinajstić information content (AvgIpc) is 2.66. The van der Waals surface area contributed by atoms with E-state index in [2.05, 4.69) is 10.3 Å². The van der Waals surface area contributed by atoms with Crippen LogP contribution in [0.15, 0.2) is 4.99 Å². The second-order valence-corrected chi connectivity index (χ2v) is 3.96. The smallest absolute Gasteiger partial charge is 0.285 e. The van der Waals surface area contributed by atoms with E-state index in [1.54, 1.807) is 7.05 Å². The average molecular weight is 218 g/mol. The van der Waals surface area contributed by atoms with Crippen molar-refractivity contribution in [2.75, 3.05) is 13.7 Å². The Morgan fingerprint density at radius 3 is 2.87 bits per heavy atom. The number of ether oxygens (including phenoxy) is 1. The molecule has 6 heteroatoms. The molecule has 5 atom stereocenters. The van der Waals surface area contributed by atoms with Crippen LogP contribution in [-0.2, 0) is 4.74 Å². The maximum atomic E-state index is 12.6. The Hall–Kier alpha value is -0.880. The third-order valence-electron chi connectivity index (χ3n) is 3.04. The zero-order valence-corrected chi connectivity index (χ0v) is 8.43. The number of nitrogens with one attached hydrogen (secondary N) is 1. The van der Waals surface area contributed by atoms with Crippen molar-refractivity contribution in [2.45, 2.75) is 30.8 Å². The number of amidine groups is 1. The van der Waals surface area contributed by atoms with Gasteiger partial charge in [0.1, 0.15) is 18.2 Å². The first-order valence-corrected chi connectivity index (χ1v) is 5.01. The fourth-order valence-electron chi connectivity index (χ4n) is 2.14. The van der Waals surface area contributed by atoms with Crippen molar-refractivity contribution in [2.24, 2.45) is 10.9 Å². The Balaban J connectivity index is 2.12. The number of aliphatic hydroxyl groups excluding tert-OH is 2. The molecule has 5 nitrogen and oxygen atoms in total. The topological polar surface area (TPSA) is 74.1 Å². The molecule has 1 fully saturated rings. The first-order valence-electron chi connectivity index (χ1n) is 5.01. The molecule has 0 aromatic carbocycles. The molecule has 2 rings (SSSR count). The summed E-state index contributed by atoms with van der Waals surface area (Å²) < 4.78 is 17.9. The standard InChI is InChI=1S/C9H15FN2O3/c1-11-9-12-6-5(15-9)2-4(3-10)7(13)8(6)14/h4-8,13-14H,2-3H2,1H3,(H,11,12)/t4?,5-,6-,7+,8?/m0/s1. The molecule has 0 amide bonds. The van der Waals surface area contributed by atoms with E-state index in [4.69, 9.17) is 4.74 Å². The number of alkyl halides is 1. The van der Waals surface area contributed by atoms with Crippen LogP contribution in [0.4, 0.5) is 4.39 Å². The number of hydrogen-bond donors (Lipinski definition) is 3. The number of aliphatic hydroxyl groups is 2. The molecule has 1 aliphatic heterocycles. The van der Waals surface area contributed by atoms with Crippen molar-refractivity contribution in [1.82, 2.24) is 5.32 Å². The fraction of sp³-hybridized carbons (Fsp3) is 0.889. The minimum atomic E-state index is -1.06. The Bertz CT molecular complexity index is 274. The monoisotopic (exact) mass is 218 g/mol. The van der Waals surface area contributed by atoms with Gasteiger partial charge in [-0.05, 0) is 6.42 Å². The highest BCUT2D eigenvalue weighted by molar-refractivity contribution is 5.75. The van der Waals surface area contributed by atoms with Gasteiger partial charge in [-0.25, -0.2) is 4.99 Å². The highest BCUT2D eigenvalue weighted by atomic mass is 19.1. The molecule has 1 heterocycles. The number of halogens is 1. The van der Waals surface area contributed by atoms with E-state index in [9.17, 15) is 14.6 Å². The number of hydrogen-bond acceptors (Lipinski definition) is 5. The van der Waals surface area contributed by atoms with Crippen molar-refractivity contribution >= 4 is 6.02 Å². The molecule has 15 heavy (non-hydrogen) atoms. The van der Waals surface area contributed by atoms with Crippen molar-refractivity contribution in [3.8, 4) is 0 Å². The largest absolute Gasteiger partial charge is 0.460 e. The molecule has 0 bridgehead atoms. The molecule has 3 N–H and O–H groups in total. The molecule has 0 aromatic heterocycles. The van der Waals surface area contributed by atoms with Crippen LogP contribution in [0.5, 0.6) is 0 Å². The molecular weight excluding hydrogens is 203 g/mol. The first kappa shape index (κ1) is 10.6. The van der Waals surface area contributed by atoms with Crippen LogP contribution in [0.3, 0.4) is 0 Å². The molecule has 1 aliphatic carbocycles. The summed E-state index contributed by atoms with van der Waals surface area (Å²) in [4.78, 5) is 4.08. The van der Waals surface area contributed by atoms with Gasteiger partial charge in [-0.15, -0.1) is 0 Å². The molecule has 1 saturated carbocycles. The van der Waals surface area contributed by atoms with Gasteiger partial charge in [-0.3, -0.25) is 4.39 Å². The second kappa shape index (κ2) is 3.94. The van der Waals surface area contributed by atoms with Crippen LogP contribution < -0.4 is 5.32 Å². The maximum absolute atomic E-state index is 12.6. The van der Waals surface area contributed by atoms with Gasteiger partial charge in [-0.1, -0.05) is 0 Å². The van der Waals surface area contributed by atoms with E-state index < -0.39 is 30.8 Å². The van der Waals surface area contributed by atoms with E-state index in [1.165, 1.54) is 0 Å². The van der Waals surface area contributed by atoms with Gasteiger partial charge < -0.3 is 20.3 Å². The fourth-order valence-corrected chi connectivity index (χ4v) is 2.14. The van der Waals surface area contributed by atoms with Gasteiger partial charge in [0, 0.05) is 13.0 Å². The van der Waals surface area contributed by atoms with Crippen LogP contribution in [-0.4, -0.2) is 54.3 Å². The summed E-state index contributed by atoms with van der Waals surface area (Å²) in [6, 6.07) is -0.138. The summed E-state index contributed by atoms with van der Waals surface area (Å²) in [5, 5.41) is 22.1. The van der Waals surface area contributed by atoms with Crippen molar-refractivity contribution < 1.29 is 19.3 Å². The number of fused-ring (bicyclic) bond motifs is 1. The van der Waals surface area contributed by atoms with Gasteiger partial charge in [0.25, 0.3) is 6.02 Å². The minimum absolute atomic E-state index is 0.327. The lowest BCUT2D eigenvalue weighted by Gasteiger charge is -2.36. The molecular formula is C9H15FN2O3. The Kier molecular flexibility index (Phi) is 2.79. The van der Waals surface area contributed by atoms with Crippen molar-refractivity contribution in [3.05, 3.63) is 0 Å². The first-order chi connectivity index (χ1) is 7.17. The van der Waals surface area contributed by atoms with Crippen LogP contribution in [0.25, 0.3) is 0 Å². The van der Waals surface area contributed by atoms with Gasteiger partial charge in [-0.2, -0.15) is 0 Å². The predicted octanol–water partition coefficient (Wildman–Crippen LogP) is -0.960. The van der Waals surface area contributed by atoms with Crippen LogP contribution >= 0.6 is 0 Å². The SMILES string of the molecule is CNC1=N[C@@H]2C(O)[C@H](O)C(CF)C[C@@H]2O1. The van der Waals surface area contributed by atoms with E-state index >= 15 is 0 Å². The molecule has 2 unspecified atom stereocenters. The third-order valence-corrected chi connectivity index (χ3v) is 3.04. The number of nitrogens with zero attached hydrogens (tertiary/aromatic N) is 1. The van der Waals surface area contributed by atoms with Crippen LogP contribution in [0.2, 0.25) is 0 Å². The van der Waals surface area contributed by atoms with Crippen molar-refractivity contribution in [1.29, 1.82) is 0 Å². The Labute approximate surface area is 87.0 Å². The Morgan fingerprint density at radius 1 is 1.53 bits per heavy atom. The summed E-state index contributed by atoms with van der Waals surface area (Å²) in [5.41, 5.74) is 0. The van der Waals surface area contributed by atoms with E-state index in [0.29, 0.717) is 12.4 Å². The maximum Gasteiger partial charge on any atom is 0.285 e. The lowest BCUT2D eigenvalue weighted by Crippen LogP contribution is -2.52. The molecule has 0 spiro atoms. The summed E-state index contributed by atoms with van der Waals surface area (Å²) >= 11 is 0. The normalized spacial score (nSPS) is 44.3. The quantitative estimate of drug-likeness (QED) is 0.530. The van der Waals surface area contributed by atoms with Crippen LogP contribution in [0, 0.1) is 5.92 Å². The Morgan fingerprint density at radius 2 is 2.27 bits per heavy atom. The predicted molar refractivity (Wildman–Crippen MR) is 51.3 cm³/mol. The van der Waals surface area contributed by atoms with Gasteiger partial charge in [0.05, 0.1) is 12.8 Å². The number of aliphatic imine (C=N–C) groups is 1.